The molecule has 0 bridgehead atoms. The number of H-pyrrole nitrogens is 4. The number of carbonyl (C=O) groups excluding carboxylic acids is 1. The second-order valence-electron chi connectivity index (χ2n) is 11.2. The molecule has 0 radical (unpaired) electrons. The molecule has 0 aliphatic rings. The van der Waals surface area contributed by atoms with Crippen molar-refractivity contribution in [2.45, 2.75) is 24.2 Å². The van der Waals surface area contributed by atoms with Gasteiger partial charge in [0.25, 0.3) is 0 Å². The number of halogens is 8. The number of benzene rings is 2. The lowest BCUT2D eigenvalue weighted by Crippen LogP contribution is -2.23. The lowest BCUT2D eigenvalue weighted by Gasteiger charge is -2.18. The van der Waals surface area contributed by atoms with Crippen LogP contribution in [0, 0.1) is 0 Å². The summed E-state index contributed by atoms with van der Waals surface area (Å²) in [6.45, 7) is 0. The van der Waals surface area contributed by atoms with Crippen molar-refractivity contribution in [2.75, 3.05) is 0 Å². The van der Waals surface area contributed by atoms with Gasteiger partial charge in [-0.15, -0.1) is 0 Å². The van der Waals surface area contributed by atoms with Crippen molar-refractivity contribution < 1.29 is 44.4 Å². The Balaban J connectivity index is 1.28. The van der Waals surface area contributed by atoms with E-state index in [1.165, 1.54) is 24.3 Å². The number of aromatic nitrogens is 4. The second kappa shape index (κ2) is 13.6. The van der Waals surface area contributed by atoms with Gasteiger partial charge in [-0.2, -0.15) is 26.3 Å². The molecule has 0 aliphatic heterocycles. The molecule has 0 amide bonds. The van der Waals surface area contributed by atoms with Crippen LogP contribution in [0.3, 0.4) is 0 Å². The molecular weight excluding hydrogens is 671 g/mol. The zero-order valence-corrected chi connectivity index (χ0v) is 25.5. The molecular formula is C35H25BF8N4O2. The Hall–Kier alpha value is -5.73. The van der Waals surface area contributed by atoms with Gasteiger partial charge >= 0.3 is 19.8 Å². The Bertz CT molecular complexity index is 2090. The summed E-state index contributed by atoms with van der Waals surface area (Å²) in [7, 11) is -3.49. The minimum absolute atomic E-state index is 0.217. The smallest absolute Gasteiger partial charge is 0.503 e. The Labute approximate surface area is 279 Å². The van der Waals surface area contributed by atoms with Crippen LogP contribution in [0.4, 0.5) is 35.0 Å². The highest BCUT2D eigenvalue weighted by atomic mass is 19.4. The van der Waals surface area contributed by atoms with Crippen molar-refractivity contribution >= 4 is 19.0 Å². The van der Waals surface area contributed by atoms with Gasteiger partial charge in [-0.3, -0.25) is 4.79 Å². The van der Waals surface area contributed by atoms with Crippen LogP contribution in [0.5, 0.6) is 0 Å². The number of ketones is 1. The van der Waals surface area contributed by atoms with E-state index in [-0.39, 0.29) is 11.4 Å². The van der Waals surface area contributed by atoms with Crippen LogP contribution in [0.2, 0.25) is 0 Å². The van der Waals surface area contributed by atoms with E-state index in [0.29, 0.717) is 28.6 Å². The molecule has 4 N–H and O–H groups in total. The fourth-order valence-electron chi connectivity index (χ4n) is 5.69. The lowest BCUT2D eigenvalue weighted by molar-refractivity contribution is -0.143. The molecule has 2 aromatic carbocycles. The summed E-state index contributed by atoms with van der Waals surface area (Å²) >= 11 is 0. The molecule has 2 unspecified atom stereocenters. The second-order valence-corrected chi connectivity index (χ2v) is 11.2. The number of nitrogens with one attached hydrogen (secondary N) is 4. The highest BCUT2D eigenvalue weighted by Gasteiger charge is 2.45. The van der Waals surface area contributed by atoms with Gasteiger partial charge in [-0.05, 0) is 59.7 Å². The normalized spacial score (nSPS) is 13.6. The highest BCUT2D eigenvalue weighted by Crippen LogP contribution is 2.42. The Morgan fingerprint density at radius 1 is 0.560 bits per heavy atom. The molecule has 6 aromatic rings. The molecule has 0 fully saturated rings. The first-order valence-electron chi connectivity index (χ1n) is 15.0. The van der Waals surface area contributed by atoms with E-state index in [0.717, 1.165) is 24.3 Å². The van der Waals surface area contributed by atoms with Crippen LogP contribution in [0.1, 0.15) is 50.8 Å². The maximum atomic E-state index is 14.4. The van der Waals surface area contributed by atoms with Gasteiger partial charge in [0.05, 0.1) is 11.4 Å². The Kier molecular flexibility index (Phi) is 9.32. The minimum atomic E-state index is -4.83. The molecule has 2 atom stereocenters. The van der Waals surface area contributed by atoms with Crippen molar-refractivity contribution in [2.24, 2.45) is 0 Å². The average molecular weight is 696 g/mol. The summed E-state index contributed by atoms with van der Waals surface area (Å²) in [5.74, 6) is -6.33. The molecule has 50 heavy (non-hydrogen) atoms. The van der Waals surface area contributed by atoms with Crippen molar-refractivity contribution in [1.82, 2.24) is 19.9 Å². The number of rotatable bonds is 11. The van der Waals surface area contributed by atoms with E-state index >= 15 is 0 Å². The topological polar surface area (TPSA) is 89.5 Å². The maximum Gasteiger partial charge on any atom is 0.796 e. The molecule has 0 spiro atoms. The van der Waals surface area contributed by atoms with Crippen molar-refractivity contribution in [3.8, 4) is 22.5 Å². The number of hydrogen-bond donors (Lipinski definition) is 4. The molecule has 4 heterocycles. The number of hydrogen-bond acceptors (Lipinski definition) is 2. The summed E-state index contributed by atoms with van der Waals surface area (Å²) in [6.07, 6.45) is -9.08. The van der Waals surface area contributed by atoms with E-state index in [2.05, 4.69) is 24.6 Å². The van der Waals surface area contributed by atoms with Crippen LogP contribution in [0.25, 0.3) is 28.3 Å². The van der Waals surface area contributed by atoms with Gasteiger partial charge in [0.15, 0.2) is 0 Å². The van der Waals surface area contributed by atoms with Crippen LogP contribution in [-0.2, 0) is 4.65 Å². The Morgan fingerprint density at radius 3 is 1.40 bits per heavy atom. The first kappa shape index (κ1) is 34.1. The molecule has 0 saturated carbocycles. The average Bonchev–Trinajstić information content (AvgIpc) is 3.89. The molecule has 4 aromatic heterocycles. The van der Waals surface area contributed by atoms with E-state index in [4.69, 9.17) is 0 Å². The van der Waals surface area contributed by atoms with Gasteiger partial charge in [-0.25, -0.2) is 8.63 Å². The van der Waals surface area contributed by atoms with Crippen LogP contribution in [0.15, 0.2) is 115 Å². The molecule has 15 heteroatoms. The van der Waals surface area contributed by atoms with Crippen molar-refractivity contribution in [3.05, 3.63) is 149 Å². The summed E-state index contributed by atoms with van der Waals surface area (Å²) < 4.78 is 117. The monoisotopic (exact) mass is 696 g/mol. The third kappa shape index (κ3) is 7.46. The SMILES string of the molecule is O=C(/C=C(\OB(F)F)c1ccc(C(c2ccc(-c3ccccc3)[nH]2)C(F)(F)F)[nH]1)c1ccc(C(c2ccc(-c3ccccc3)[nH]2)C(F)(F)F)[nH]1. The molecule has 6 nitrogen and oxygen atoms in total. The van der Waals surface area contributed by atoms with Crippen LogP contribution >= 0.6 is 0 Å². The van der Waals surface area contributed by atoms with E-state index in [1.54, 1.807) is 60.7 Å². The van der Waals surface area contributed by atoms with Gasteiger partial charge in [0, 0.05) is 40.2 Å². The predicted octanol–water partition coefficient (Wildman–Crippen LogP) is 9.89. The maximum absolute atomic E-state index is 14.4. The molecule has 0 aliphatic carbocycles. The molecule has 0 saturated heterocycles. The van der Waals surface area contributed by atoms with Crippen molar-refractivity contribution in [3.63, 3.8) is 0 Å². The first-order valence-corrected chi connectivity index (χ1v) is 15.0. The third-order valence-corrected chi connectivity index (χ3v) is 7.91. The molecule has 256 valence electrons. The van der Waals surface area contributed by atoms with E-state index in [1.807, 2.05) is 0 Å². The zero-order chi connectivity index (χ0) is 35.6. The highest BCUT2D eigenvalue weighted by molar-refractivity contribution is 6.36. The quantitative estimate of drug-likeness (QED) is 0.0357. The summed E-state index contributed by atoms with van der Waals surface area (Å²) in [5.41, 5.74) is 0.0290. The number of alkyl halides is 6. The first-order chi connectivity index (χ1) is 23.8. The summed E-state index contributed by atoms with van der Waals surface area (Å²) in [6, 6.07) is 26.9. The largest absolute Gasteiger partial charge is 0.796 e. The minimum Gasteiger partial charge on any atom is -0.503 e. The van der Waals surface area contributed by atoms with Gasteiger partial charge in [0.1, 0.15) is 17.6 Å². The summed E-state index contributed by atoms with van der Waals surface area (Å²) in [4.78, 5) is 23.5. The van der Waals surface area contributed by atoms with E-state index < -0.39 is 66.0 Å². The standard InChI is InChI=1S/C35H25BF8N4O2/c37-34(38,39)32(26-15-11-22(45-26)20-7-3-1-4-8-20)28-17-13-24(47-28)30(49)19-31(50-36(43)44)25-14-18-29(48-25)33(35(40,41)42)27-16-12-23(46-27)21-9-5-2-6-10-21/h1-19,32-33,45-48H/b31-19-. The number of aromatic amines is 4. The van der Waals surface area contributed by atoms with Gasteiger partial charge in [-0.1, -0.05) is 60.7 Å². The zero-order valence-electron chi connectivity index (χ0n) is 25.5. The summed E-state index contributed by atoms with van der Waals surface area (Å²) in [5, 5.41) is 0. The fourth-order valence-corrected chi connectivity index (χ4v) is 5.69. The van der Waals surface area contributed by atoms with Crippen LogP contribution in [-0.4, -0.2) is 45.5 Å². The lowest BCUT2D eigenvalue weighted by atomic mass is 10.0. The predicted molar refractivity (Wildman–Crippen MR) is 171 cm³/mol. The third-order valence-electron chi connectivity index (χ3n) is 7.91. The van der Waals surface area contributed by atoms with E-state index in [9.17, 15) is 39.8 Å². The number of allylic oxidation sites excluding steroid dienone is 1. The number of carbonyl (C=O) groups is 1. The molecule has 6 rings (SSSR count). The fraction of sp³-hybridized carbons (Fsp3) is 0.114. The van der Waals surface area contributed by atoms with Crippen molar-refractivity contribution in [1.29, 1.82) is 0 Å². The van der Waals surface area contributed by atoms with Gasteiger partial charge < -0.3 is 24.6 Å². The Morgan fingerprint density at radius 2 is 0.960 bits per heavy atom. The van der Waals surface area contributed by atoms with Crippen LogP contribution < -0.4 is 0 Å². The van der Waals surface area contributed by atoms with Gasteiger partial charge in [0.2, 0.25) is 5.78 Å².